The molecule has 0 radical (unpaired) electrons. The highest BCUT2D eigenvalue weighted by molar-refractivity contribution is 7.14. The van der Waals surface area contributed by atoms with Gasteiger partial charge in [0.1, 0.15) is 0 Å². The molecule has 0 saturated carbocycles. The molecule has 1 aromatic heterocycles. The Morgan fingerprint density at radius 2 is 2.27 bits per heavy atom. The Hall–Kier alpha value is -1.98. The predicted molar refractivity (Wildman–Crippen MR) is 89.0 cm³/mol. The van der Waals surface area contributed by atoms with Crippen molar-refractivity contribution >= 4 is 22.4 Å². The molecule has 22 heavy (non-hydrogen) atoms. The van der Waals surface area contributed by atoms with E-state index in [-0.39, 0.29) is 11.8 Å². The molecule has 1 unspecified atom stereocenters. The van der Waals surface area contributed by atoms with Crippen LogP contribution in [-0.2, 0) is 9.53 Å². The van der Waals surface area contributed by atoms with Crippen LogP contribution in [-0.4, -0.2) is 30.6 Å². The van der Waals surface area contributed by atoms with Crippen LogP contribution in [0.1, 0.15) is 6.42 Å². The molecule has 2 aromatic rings. The molecule has 1 aliphatic heterocycles. The van der Waals surface area contributed by atoms with Gasteiger partial charge in [-0.25, -0.2) is 4.98 Å². The van der Waals surface area contributed by atoms with Crippen molar-refractivity contribution in [2.45, 2.75) is 6.42 Å². The summed E-state index contributed by atoms with van der Waals surface area (Å²) in [4.78, 5) is 19.0. The summed E-state index contributed by atoms with van der Waals surface area (Å²) >= 11 is 1.48. The van der Waals surface area contributed by atoms with Crippen molar-refractivity contribution in [1.82, 2.24) is 4.98 Å². The summed E-state index contributed by atoms with van der Waals surface area (Å²) in [5.41, 5.74) is 1.95. The first-order valence-electron chi connectivity index (χ1n) is 7.30. The van der Waals surface area contributed by atoms with Crippen molar-refractivity contribution in [2.75, 3.05) is 24.7 Å². The number of carbonyl (C=O) groups excluding carboxylic acids is 1. The second-order valence-corrected chi connectivity index (χ2v) is 6.02. The van der Waals surface area contributed by atoms with Crippen LogP contribution >= 0.6 is 11.3 Å². The lowest BCUT2D eigenvalue weighted by Gasteiger charge is -2.21. The third-order valence-corrected chi connectivity index (χ3v) is 4.51. The van der Waals surface area contributed by atoms with Gasteiger partial charge in [-0.1, -0.05) is 36.4 Å². The molecule has 0 bridgehead atoms. The van der Waals surface area contributed by atoms with Gasteiger partial charge in [0, 0.05) is 24.1 Å². The number of carbonyl (C=O) groups is 1. The first kappa shape index (κ1) is 14.9. The Labute approximate surface area is 134 Å². The van der Waals surface area contributed by atoms with Crippen LogP contribution in [0.5, 0.6) is 0 Å². The molecule has 0 aliphatic carbocycles. The van der Waals surface area contributed by atoms with Gasteiger partial charge >= 0.3 is 0 Å². The van der Waals surface area contributed by atoms with Gasteiger partial charge in [-0.05, 0) is 6.42 Å². The zero-order chi connectivity index (χ0) is 15.4. The number of benzene rings is 1. The van der Waals surface area contributed by atoms with Crippen LogP contribution in [0.2, 0.25) is 0 Å². The lowest BCUT2D eigenvalue weighted by atomic mass is 10.1. The number of nitrogens with zero attached hydrogens (tertiary/aromatic N) is 2. The first-order valence-corrected chi connectivity index (χ1v) is 8.18. The maximum absolute atomic E-state index is 12.6. The van der Waals surface area contributed by atoms with Crippen molar-refractivity contribution in [3.63, 3.8) is 0 Å². The molecule has 0 spiro atoms. The van der Waals surface area contributed by atoms with E-state index in [1.54, 1.807) is 11.0 Å². The molecule has 2 heterocycles. The number of hydrogen-bond acceptors (Lipinski definition) is 4. The van der Waals surface area contributed by atoms with Crippen LogP contribution in [0.4, 0.5) is 5.13 Å². The Morgan fingerprint density at radius 3 is 2.95 bits per heavy atom. The number of ether oxygens (including phenoxy) is 1. The SMILES string of the molecule is C=CCN(C(=O)C1CCOC1)c1nc(-c2ccccc2)cs1. The average Bonchev–Trinajstić information content (AvgIpc) is 3.24. The summed E-state index contributed by atoms with van der Waals surface area (Å²) in [5.74, 6) is 0.00962. The summed E-state index contributed by atoms with van der Waals surface area (Å²) in [7, 11) is 0. The number of hydrogen-bond donors (Lipinski definition) is 0. The largest absolute Gasteiger partial charge is 0.381 e. The van der Waals surface area contributed by atoms with E-state index in [1.807, 2.05) is 35.7 Å². The Kier molecular flexibility index (Phi) is 4.65. The van der Waals surface area contributed by atoms with Gasteiger partial charge < -0.3 is 4.74 Å². The van der Waals surface area contributed by atoms with Gasteiger partial charge in [0.05, 0.1) is 18.2 Å². The van der Waals surface area contributed by atoms with Gasteiger partial charge in [0.2, 0.25) is 5.91 Å². The Balaban J connectivity index is 1.84. The standard InChI is InChI=1S/C17H18N2O2S/c1-2-9-19(16(20)14-8-10-21-11-14)17-18-15(12-22-17)13-6-4-3-5-7-13/h2-7,12,14H,1,8-11H2. The molecule has 5 heteroatoms. The maximum atomic E-state index is 12.6. The fraction of sp³-hybridized carbons (Fsp3) is 0.294. The van der Waals surface area contributed by atoms with Gasteiger partial charge in [-0.2, -0.15) is 0 Å². The molecule has 1 aromatic carbocycles. The van der Waals surface area contributed by atoms with Crippen LogP contribution in [0.3, 0.4) is 0 Å². The van der Waals surface area contributed by atoms with Crippen molar-refractivity contribution in [3.05, 3.63) is 48.4 Å². The molecule has 3 rings (SSSR count). The van der Waals surface area contributed by atoms with E-state index < -0.39 is 0 Å². The van der Waals surface area contributed by atoms with Crippen LogP contribution in [0.15, 0.2) is 48.4 Å². The van der Waals surface area contributed by atoms with E-state index >= 15 is 0 Å². The lowest BCUT2D eigenvalue weighted by molar-refractivity contribution is -0.122. The van der Waals surface area contributed by atoms with E-state index in [1.165, 1.54) is 11.3 Å². The summed E-state index contributed by atoms with van der Waals surface area (Å²) in [6.07, 6.45) is 2.51. The van der Waals surface area contributed by atoms with Gasteiger partial charge in [0.15, 0.2) is 5.13 Å². The monoisotopic (exact) mass is 314 g/mol. The van der Waals surface area contributed by atoms with Gasteiger partial charge in [-0.3, -0.25) is 9.69 Å². The number of anilines is 1. The van der Waals surface area contributed by atoms with Crippen LogP contribution < -0.4 is 4.90 Å². The first-order chi connectivity index (χ1) is 10.8. The summed E-state index contributed by atoms with van der Waals surface area (Å²) in [6, 6.07) is 9.98. The van der Waals surface area contributed by atoms with E-state index in [0.29, 0.717) is 19.8 Å². The second kappa shape index (κ2) is 6.85. The number of thiazole rings is 1. The molecule has 1 amide bonds. The quantitative estimate of drug-likeness (QED) is 0.795. The van der Waals surface area contributed by atoms with Crippen molar-refractivity contribution in [3.8, 4) is 11.3 Å². The van der Waals surface area contributed by atoms with E-state index in [9.17, 15) is 4.79 Å². The minimum atomic E-state index is -0.0657. The van der Waals surface area contributed by atoms with Crippen molar-refractivity contribution in [2.24, 2.45) is 5.92 Å². The van der Waals surface area contributed by atoms with Crippen LogP contribution in [0, 0.1) is 5.92 Å². The highest BCUT2D eigenvalue weighted by atomic mass is 32.1. The zero-order valence-corrected chi connectivity index (χ0v) is 13.1. The molecule has 4 nitrogen and oxygen atoms in total. The normalized spacial score (nSPS) is 17.4. The summed E-state index contributed by atoms with van der Waals surface area (Å²) < 4.78 is 5.33. The van der Waals surface area contributed by atoms with E-state index in [2.05, 4.69) is 11.6 Å². The number of aromatic nitrogens is 1. The number of rotatable bonds is 5. The fourth-order valence-electron chi connectivity index (χ4n) is 2.47. The minimum Gasteiger partial charge on any atom is -0.381 e. The third kappa shape index (κ3) is 3.10. The lowest BCUT2D eigenvalue weighted by Crippen LogP contribution is -2.36. The highest BCUT2D eigenvalue weighted by Crippen LogP contribution is 2.29. The van der Waals surface area contributed by atoms with Crippen molar-refractivity contribution in [1.29, 1.82) is 0 Å². The Morgan fingerprint density at radius 1 is 1.45 bits per heavy atom. The average molecular weight is 314 g/mol. The molecule has 1 aliphatic rings. The van der Waals surface area contributed by atoms with E-state index in [0.717, 1.165) is 22.8 Å². The summed E-state index contributed by atoms with van der Waals surface area (Å²) in [5, 5.41) is 2.70. The highest BCUT2D eigenvalue weighted by Gasteiger charge is 2.29. The maximum Gasteiger partial charge on any atom is 0.234 e. The second-order valence-electron chi connectivity index (χ2n) is 5.18. The molecular weight excluding hydrogens is 296 g/mol. The van der Waals surface area contributed by atoms with E-state index in [4.69, 9.17) is 4.74 Å². The third-order valence-electron chi connectivity index (χ3n) is 3.65. The predicted octanol–water partition coefficient (Wildman–Crippen LogP) is 3.37. The summed E-state index contributed by atoms with van der Waals surface area (Å²) in [6.45, 7) is 5.38. The molecule has 1 atom stereocenters. The van der Waals surface area contributed by atoms with Crippen LogP contribution in [0.25, 0.3) is 11.3 Å². The van der Waals surface area contributed by atoms with Crippen molar-refractivity contribution < 1.29 is 9.53 Å². The molecule has 1 saturated heterocycles. The van der Waals surface area contributed by atoms with Gasteiger partial charge in [0.25, 0.3) is 0 Å². The fourth-order valence-corrected chi connectivity index (χ4v) is 3.32. The molecule has 0 N–H and O–H groups in total. The number of amides is 1. The molecule has 114 valence electrons. The topological polar surface area (TPSA) is 42.4 Å². The Bertz CT molecular complexity index is 648. The zero-order valence-electron chi connectivity index (χ0n) is 12.3. The minimum absolute atomic E-state index is 0.0657. The smallest absolute Gasteiger partial charge is 0.234 e. The molecule has 1 fully saturated rings. The molecular formula is C17H18N2O2S. The van der Waals surface area contributed by atoms with Gasteiger partial charge in [-0.15, -0.1) is 17.9 Å².